The molecule has 4 rings (SSSR count). The summed E-state index contributed by atoms with van der Waals surface area (Å²) in [6, 6.07) is 9.30. The normalized spacial score (nSPS) is 16.8. The number of nitrogens with zero attached hydrogens (tertiary/aromatic N) is 1. The zero-order valence-corrected chi connectivity index (χ0v) is 20.5. The van der Waals surface area contributed by atoms with E-state index in [2.05, 4.69) is 11.0 Å². The molecule has 9 heteroatoms. The van der Waals surface area contributed by atoms with E-state index in [1.165, 1.54) is 5.56 Å². The van der Waals surface area contributed by atoms with Crippen LogP contribution in [0.15, 0.2) is 30.3 Å². The molecule has 1 fully saturated rings. The third-order valence-corrected chi connectivity index (χ3v) is 7.09. The molecule has 0 unspecified atom stereocenters. The van der Waals surface area contributed by atoms with Gasteiger partial charge in [0.25, 0.3) is 0 Å². The number of rotatable bonds is 7. The summed E-state index contributed by atoms with van der Waals surface area (Å²) in [7, 11) is 0. The standard InChI is InChI=1S/C23H24Cl3NO4.ClH/c24-15-10-19(25)17(20(26)11-15)13-30-16-3-4-18-21(12-16)31-14-23(18)5-8-27(9-6-23)7-1-2-22(28)29;/h3-4,10-12H,1-2,5-9,13-14H2,(H,28,29);1H. The highest BCUT2D eigenvalue weighted by Crippen LogP contribution is 2.46. The maximum absolute atomic E-state index is 10.7. The summed E-state index contributed by atoms with van der Waals surface area (Å²) in [5.74, 6) is 0.833. The minimum Gasteiger partial charge on any atom is -0.492 e. The summed E-state index contributed by atoms with van der Waals surface area (Å²) in [4.78, 5) is 13.1. The third-order valence-electron chi connectivity index (χ3n) is 6.20. The fourth-order valence-electron chi connectivity index (χ4n) is 4.38. The second kappa shape index (κ2) is 10.7. The van der Waals surface area contributed by atoms with Crippen LogP contribution in [-0.2, 0) is 16.8 Å². The zero-order valence-electron chi connectivity index (χ0n) is 17.4. The Morgan fingerprint density at radius 1 is 1.12 bits per heavy atom. The number of aliphatic carboxylic acids is 1. The van der Waals surface area contributed by atoms with Gasteiger partial charge in [0.1, 0.15) is 18.1 Å². The fourth-order valence-corrected chi connectivity index (χ4v) is 5.31. The van der Waals surface area contributed by atoms with Crippen molar-refractivity contribution in [3.05, 3.63) is 56.5 Å². The van der Waals surface area contributed by atoms with Gasteiger partial charge in [0.05, 0.1) is 16.7 Å². The Balaban J connectivity index is 0.00000289. The lowest BCUT2D eigenvalue weighted by molar-refractivity contribution is -0.137. The number of halogens is 4. The van der Waals surface area contributed by atoms with E-state index >= 15 is 0 Å². The zero-order chi connectivity index (χ0) is 22.0. The lowest BCUT2D eigenvalue weighted by Crippen LogP contribution is -2.43. The first-order valence-corrected chi connectivity index (χ1v) is 11.5. The van der Waals surface area contributed by atoms with Crippen LogP contribution in [0.4, 0.5) is 0 Å². The lowest BCUT2D eigenvalue weighted by atomic mass is 9.74. The molecule has 5 nitrogen and oxygen atoms in total. The highest BCUT2D eigenvalue weighted by Gasteiger charge is 2.43. The van der Waals surface area contributed by atoms with Crippen molar-refractivity contribution in [2.75, 3.05) is 26.2 Å². The smallest absolute Gasteiger partial charge is 0.303 e. The molecule has 2 aliphatic heterocycles. The Kier molecular flexibility index (Phi) is 8.45. The number of hydrogen-bond donors (Lipinski definition) is 1. The van der Waals surface area contributed by atoms with Gasteiger partial charge in [-0.1, -0.05) is 40.9 Å². The van der Waals surface area contributed by atoms with E-state index in [1.807, 2.05) is 12.1 Å². The number of fused-ring (bicyclic) bond motifs is 2. The molecule has 1 spiro atoms. The molecule has 2 heterocycles. The molecule has 2 aromatic carbocycles. The number of carboxylic acids is 1. The minimum absolute atomic E-state index is 0. The molecular formula is C23H25Cl4NO4. The number of piperidine rings is 1. The Hall–Kier alpha value is -1.37. The van der Waals surface area contributed by atoms with Crippen LogP contribution in [0.2, 0.25) is 15.1 Å². The third kappa shape index (κ3) is 5.57. The van der Waals surface area contributed by atoms with Gasteiger partial charge >= 0.3 is 5.97 Å². The van der Waals surface area contributed by atoms with Gasteiger partial charge in [-0.15, -0.1) is 12.4 Å². The monoisotopic (exact) mass is 519 g/mol. The van der Waals surface area contributed by atoms with Crippen LogP contribution in [0.1, 0.15) is 36.8 Å². The summed E-state index contributed by atoms with van der Waals surface area (Å²) in [5.41, 5.74) is 1.95. The maximum atomic E-state index is 10.7. The van der Waals surface area contributed by atoms with Crippen molar-refractivity contribution < 1.29 is 19.4 Å². The SMILES string of the molecule is Cl.O=C(O)CCCN1CCC2(CC1)COc1cc(OCc3c(Cl)cc(Cl)cc3Cl)ccc12. The molecule has 0 aliphatic carbocycles. The molecule has 0 aromatic heterocycles. The Morgan fingerprint density at radius 3 is 2.47 bits per heavy atom. The number of carbonyl (C=O) groups is 1. The Labute approximate surface area is 208 Å². The van der Waals surface area contributed by atoms with E-state index in [0.29, 0.717) is 39.4 Å². The summed E-state index contributed by atoms with van der Waals surface area (Å²) < 4.78 is 12.0. The highest BCUT2D eigenvalue weighted by atomic mass is 35.5. The summed E-state index contributed by atoms with van der Waals surface area (Å²) >= 11 is 18.5. The molecule has 2 aliphatic rings. The molecule has 32 heavy (non-hydrogen) atoms. The molecule has 1 N–H and O–H groups in total. The number of likely N-dealkylation sites (tertiary alicyclic amines) is 1. The van der Waals surface area contributed by atoms with Crippen molar-refractivity contribution in [2.24, 2.45) is 0 Å². The number of carboxylic acid groups (broad SMARTS) is 1. The van der Waals surface area contributed by atoms with Crippen LogP contribution < -0.4 is 9.47 Å². The second-order valence-corrected chi connectivity index (χ2v) is 9.45. The highest BCUT2D eigenvalue weighted by molar-refractivity contribution is 6.39. The average Bonchev–Trinajstić information content (AvgIpc) is 3.06. The van der Waals surface area contributed by atoms with Crippen LogP contribution in [0, 0.1) is 0 Å². The number of benzene rings is 2. The van der Waals surface area contributed by atoms with E-state index in [1.54, 1.807) is 12.1 Å². The molecule has 0 saturated carbocycles. The molecule has 0 amide bonds. The molecule has 2 aromatic rings. The largest absolute Gasteiger partial charge is 0.492 e. The molecule has 0 radical (unpaired) electrons. The van der Waals surface area contributed by atoms with E-state index in [4.69, 9.17) is 49.4 Å². The van der Waals surface area contributed by atoms with Gasteiger partial charge in [-0.25, -0.2) is 0 Å². The summed E-state index contributed by atoms with van der Waals surface area (Å²) in [6.07, 6.45) is 2.92. The fraction of sp³-hybridized carbons (Fsp3) is 0.435. The van der Waals surface area contributed by atoms with Crippen molar-refractivity contribution in [3.8, 4) is 11.5 Å². The Morgan fingerprint density at radius 2 is 1.81 bits per heavy atom. The molecular weight excluding hydrogens is 496 g/mol. The quantitative estimate of drug-likeness (QED) is 0.468. The van der Waals surface area contributed by atoms with Gasteiger partial charge < -0.3 is 19.5 Å². The van der Waals surface area contributed by atoms with Crippen LogP contribution in [0.3, 0.4) is 0 Å². The second-order valence-electron chi connectivity index (χ2n) is 8.20. The van der Waals surface area contributed by atoms with Crippen LogP contribution >= 0.6 is 47.2 Å². The molecule has 0 bridgehead atoms. The van der Waals surface area contributed by atoms with Crippen molar-refractivity contribution in [1.29, 1.82) is 0 Å². The van der Waals surface area contributed by atoms with Gasteiger partial charge in [0, 0.05) is 34.1 Å². The summed E-state index contributed by atoms with van der Waals surface area (Å²) in [6.45, 7) is 3.65. The average molecular weight is 521 g/mol. The van der Waals surface area contributed by atoms with Gasteiger partial charge in [-0.05, 0) is 57.1 Å². The van der Waals surface area contributed by atoms with Crippen molar-refractivity contribution in [3.63, 3.8) is 0 Å². The number of hydrogen-bond acceptors (Lipinski definition) is 4. The molecule has 0 atom stereocenters. The first kappa shape index (κ1) is 25.3. The predicted molar refractivity (Wildman–Crippen MR) is 129 cm³/mol. The Bertz CT molecular complexity index is 953. The van der Waals surface area contributed by atoms with Crippen LogP contribution in [0.25, 0.3) is 0 Å². The molecule has 174 valence electrons. The number of ether oxygens (including phenoxy) is 2. The van der Waals surface area contributed by atoms with Crippen LogP contribution in [-0.4, -0.2) is 42.2 Å². The van der Waals surface area contributed by atoms with Gasteiger partial charge in [-0.3, -0.25) is 4.79 Å². The van der Waals surface area contributed by atoms with E-state index in [-0.39, 0.29) is 30.8 Å². The van der Waals surface area contributed by atoms with Crippen molar-refractivity contribution >= 4 is 53.2 Å². The topological polar surface area (TPSA) is 59.0 Å². The van der Waals surface area contributed by atoms with Crippen molar-refractivity contribution in [1.82, 2.24) is 4.90 Å². The van der Waals surface area contributed by atoms with E-state index in [0.717, 1.165) is 38.2 Å². The maximum Gasteiger partial charge on any atom is 0.303 e. The van der Waals surface area contributed by atoms with Crippen LogP contribution in [0.5, 0.6) is 11.5 Å². The van der Waals surface area contributed by atoms with Gasteiger partial charge in [0.2, 0.25) is 0 Å². The summed E-state index contributed by atoms with van der Waals surface area (Å²) in [5, 5.41) is 10.3. The van der Waals surface area contributed by atoms with Gasteiger partial charge in [0.15, 0.2) is 0 Å². The minimum atomic E-state index is -0.731. The lowest BCUT2D eigenvalue weighted by Gasteiger charge is -2.38. The van der Waals surface area contributed by atoms with Gasteiger partial charge in [-0.2, -0.15) is 0 Å². The predicted octanol–water partition coefficient (Wildman–Crippen LogP) is 6.24. The molecule has 1 saturated heterocycles. The van der Waals surface area contributed by atoms with Crippen molar-refractivity contribution in [2.45, 2.75) is 37.7 Å². The first-order chi connectivity index (χ1) is 14.9. The van der Waals surface area contributed by atoms with E-state index < -0.39 is 5.97 Å². The van der Waals surface area contributed by atoms with E-state index in [9.17, 15) is 4.79 Å². The first-order valence-electron chi connectivity index (χ1n) is 10.3.